The molecule has 0 radical (unpaired) electrons. The van der Waals surface area contributed by atoms with Crippen molar-refractivity contribution in [3.63, 3.8) is 0 Å². The van der Waals surface area contributed by atoms with Gasteiger partial charge < -0.3 is 19.9 Å². The Morgan fingerprint density at radius 2 is 2.00 bits per heavy atom. The molecule has 164 valence electrons. The van der Waals surface area contributed by atoms with Gasteiger partial charge in [0.2, 0.25) is 11.8 Å². The number of aromatic nitrogens is 6. The number of hydrogen-bond acceptors (Lipinski definition) is 8. The van der Waals surface area contributed by atoms with Gasteiger partial charge >= 0.3 is 0 Å². The van der Waals surface area contributed by atoms with Crippen LogP contribution in [0.5, 0.6) is 5.88 Å². The van der Waals surface area contributed by atoms with Crippen molar-refractivity contribution in [1.29, 1.82) is 0 Å². The molecule has 3 aromatic rings. The molecular weight excluding hydrogens is 396 g/mol. The van der Waals surface area contributed by atoms with Crippen molar-refractivity contribution in [2.45, 2.75) is 52.8 Å². The van der Waals surface area contributed by atoms with Crippen LogP contribution in [0, 0.1) is 12.8 Å². The van der Waals surface area contributed by atoms with E-state index < -0.39 is 6.04 Å². The molecule has 4 heterocycles. The Bertz CT molecular complexity index is 1080. The molecule has 3 aromatic heterocycles. The van der Waals surface area contributed by atoms with Crippen LogP contribution < -0.4 is 10.5 Å². The normalized spacial score (nSPS) is 17.5. The Morgan fingerprint density at radius 3 is 2.68 bits per heavy atom. The second kappa shape index (κ2) is 8.54. The fourth-order valence-corrected chi connectivity index (χ4v) is 3.71. The predicted octanol–water partition coefficient (Wildman–Crippen LogP) is 1.57. The minimum atomic E-state index is -0.496. The fraction of sp³-hybridized carbons (Fsp3) is 0.524. The van der Waals surface area contributed by atoms with E-state index in [4.69, 9.17) is 15.5 Å². The van der Waals surface area contributed by atoms with Crippen LogP contribution in [0.1, 0.15) is 33.0 Å². The Labute approximate surface area is 180 Å². The number of ether oxygens (including phenoxy) is 1. The van der Waals surface area contributed by atoms with Gasteiger partial charge in [0.1, 0.15) is 24.1 Å². The van der Waals surface area contributed by atoms with E-state index in [0.717, 1.165) is 12.0 Å². The summed E-state index contributed by atoms with van der Waals surface area (Å²) in [5, 5.41) is 0. The first-order valence-corrected chi connectivity index (χ1v) is 10.6. The zero-order chi connectivity index (χ0) is 22.1. The van der Waals surface area contributed by atoms with Gasteiger partial charge in [0.05, 0.1) is 18.2 Å². The number of carbonyl (C=O) groups is 1. The van der Waals surface area contributed by atoms with Crippen molar-refractivity contribution in [3.05, 3.63) is 24.5 Å². The van der Waals surface area contributed by atoms with Gasteiger partial charge in [-0.1, -0.05) is 13.8 Å². The van der Waals surface area contributed by atoms with E-state index >= 15 is 0 Å². The highest BCUT2D eigenvalue weighted by Gasteiger charge is 2.32. The number of likely N-dealkylation sites (tertiary alicyclic amines) is 1. The molecule has 4 rings (SSSR count). The lowest BCUT2D eigenvalue weighted by atomic mass is 10.0. The summed E-state index contributed by atoms with van der Waals surface area (Å²) in [4.78, 5) is 36.4. The minimum absolute atomic E-state index is 0.0362. The molecule has 10 heteroatoms. The van der Waals surface area contributed by atoms with Crippen molar-refractivity contribution in [1.82, 2.24) is 34.4 Å². The van der Waals surface area contributed by atoms with Gasteiger partial charge in [-0.3, -0.25) is 4.79 Å². The van der Waals surface area contributed by atoms with Crippen LogP contribution in [0.2, 0.25) is 0 Å². The maximum Gasteiger partial charge on any atom is 0.245 e. The number of imidazole rings is 1. The monoisotopic (exact) mass is 424 g/mol. The van der Waals surface area contributed by atoms with Crippen LogP contribution in [0.3, 0.4) is 0 Å². The highest BCUT2D eigenvalue weighted by molar-refractivity contribution is 5.82. The zero-order valence-corrected chi connectivity index (χ0v) is 18.3. The molecule has 1 aliphatic heterocycles. The first-order valence-electron chi connectivity index (χ1n) is 10.6. The molecule has 0 saturated carbocycles. The van der Waals surface area contributed by atoms with Gasteiger partial charge in [0.25, 0.3) is 0 Å². The number of aryl methyl sites for hydroxylation is 2. The molecule has 1 aliphatic rings. The lowest BCUT2D eigenvalue weighted by Crippen LogP contribution is -2.46. The summed E-state index contributed by atoms with van der Waals surface area (Å²) in [7, 11) is 0. The largest absolute Gasteiger partial charge is 0.471 e. The lowest BCUT2D eigenvalue weighted by Gasteiger charge is -2.23. The second-order valence-corrected chi connectivity index (χ2v) is 8.13. The van der Waals surface area contributed by atoms with Crippen LogP contribution >= 0.6 is 0 Å². The molecule has 1 saturated heterocycles. The van der Waals surface area contributed by atoms with E-state index in [1.165, 1.54) is 6.33 Å². The number of hydrogen-bond donors (Lipinski definition) is 1. The van der Waals surface area contributed by atoms with Crippen LogP contribution in [-0.4, -0.2) is 65.5 Å². The number of fused-ring (bicyclic) bond motifs is 1. The lowest BCUT2D eigenvalue weighted by molar-refractivity contribution is -0.132. The Morgan fingerprint density at radius 1 is 1.26 bits per heavy atom. The highest BCUT2D eigenvalue weighted by Crippen LogP contribution is 2.29. The zero-order valence-electron chi connectivity index (χ0n) is 18.3. The number of amides is 1. The summed E-state index contributed by atoms with van der Waals surface area (Å²) in [5.74, 6) is 1.89. The topological polar surface area (TPSA) is 125 Å². The molecule has 0 aliphatic carbocycles. The summed E-state index contributed by atoms with van der Waals surface area (Å²) in [5.41, 5.74) is 8.12. The maximum absolute atomic E-state index is 12.6. The second-order valence-electron chi connectivity index (χ2n) is 8.13. The van der Waals surface area contributed by atoms with Crippen molar-refractivity contribution in [2.24, 2.45) is 11.7 Å². The third-order valence-corrected chi connectivity index (χ3v) is 5.59. The van der Waals surface area contributed by atoms with Crippen LogP contribution in [0.25, 0.3) is 22.6 Å². The molecule has 2 N–H and O–H groups in total. The molecule has 2 unspecified atom stereocenters. The molecule has 0 spiro atoms. The summed E-state index contributed by atoms with van der Waals surface area (Å²) in [6.07, 6.45) is 5.53. The van der Waals surface area contributed by atoms with E-state index in [9.17, 15) is 4.79 Å². The average molecular weight is 425 g/mol. The third-order valence-electron chi connectivity index (χ3n) is 5.59. The maximum atomic E-state index is 12.6. The van der Waals surface area contributed by atoms with Gasteiger partial charge in [-0.05, 0) is 19.8 Å². The predicted molar refractivity (Wildman–Crippen MR) is 115 cm³/mol. The van der Waals surface area contributed by atoms with Gasteiger partial charge in [-0.15, -0.1) is 0 Å². The molecule has 1 fully saturated rings. The standard InChI is InChI=1S/C21H28N8O2/c1-5-29-18(14-8-23-13(4)24-9-14)27-17-19(29)25-11-26-20(17)31-15-6-7-28(10-15)21(30)16(22)12(2)3/h8-9,11-12,15-16H,5-7,10,22H2,1-4H3. The Balaban J connectivity index is 1.59. The molecule has 0 aromatic carbocycles. The van der Waals surface area contributed by atoms with Crippen molar-refractivity contribution in [3.8, 4) is 17.3 Å². The van der Waals surface area contributed by atoms with Gasteiger partial charge in [-0.2, -0.15) is 4.98 Å². The smallest absolute Gasteiger partial charge is 0.245 e. The molecule has 1 amide bonds. The summed E-state index contributed by atoms with van der Waals surface area (Å²) in [6, 6.07) is -0.496. The molecule has 10 nitrogen and oxygen atoms in total. The Kier molecular flexibility index (Phi) is 5.81. The SMILES string of the molecule is CCn1c(-c2cnc(C)nc2)nc2c(OC3CCN(C(=O)C(N)C(C)C)C3)ncnc21. The van der Waals surface area contributed by atoms with Gasteiger partial charge in [-0.25, -0.2) is 19.9 Å². The summed E-state index contributed by atoms with van der Waals surface area (Å²) < 4.78 is 8.17. The van der Waals surface area contributed by atoms with E-state index in [1.54, 1.807) is 17.3 Å². The molecule has 31 heavy (non-hydrogen) atoms. The van der Waals surface area contributed by atoms with E-state index in [1.807, 2.05) is 32.3 Å². The third kappa shape index (κ3) is 4.07. The van der Waals surface area contributed by atoms with E-state index in [2.05, 4.69) is 19.9 Å². The fourth-order valence-electron chi connectivity index (χ4n) is 3.71. The van der Waals surface area contributed by atoms with Crippen molar-refractivity contribution >= 4 is 17.1 Å². The summed E-state index contributed by atoms with van der Waals surface area (Å²) >= 11 is 0. The van der Waals surface area contributed by atoms with E-state index in [0.29, 0.717) is 48.3 Å². The number of nitrogens with two attached hydrogens (primary N) is 1. The molecule has 0 bridgehead atoms. The minimum Gasteiger partial charge on any atom is -0.471 e. The number of carbonyl (C=O) groups excluding carboxylic acids is 1. The van der Waals surface area contributed by atoms with Crippen molar-refractivity contribution < 1.29 is 9.53 Å². The first-order chi connectivity index (χ1) is 14.9. The van der Waals surface area contributed by atoms with Crippen LogP contribution in [0.15, 0.2) is 18.7 Å². The molecular formula is C21H28N8O2. The van der Waals surface area contributed by atoms with Crippen LogP contribution in [0.4, 0.5) is 0 Å². The molecule has 2 atom stereocenters. The van der Waals surface area contributed by atoms with Gasteiger partial charge in [0, 0.05) is 31.9 Å². The highest BCUT2D eigenvalue weighted by atomic mass is 16.5. The Hall–Kier alpha value is -3.14. The quantitative estimate of drug-likeness (QED) is 0.632. The number of nitrogens with zero attached hydrogens (tertiary/aromatic N) is 7. The van der Waals surface area contributed by atoms with Gasteiger partial charge in [0.15, 0.2) is 11.2 Å². The summed E-state index contributed by atoms with van der Waals surface area (Å²) in [6.45, 7) is 9.55. The number of rotatable bonds is 6. The van der Waals surface area contributed by atoms with Crippen LogP contribution in [-0.2, 0) is 11.3 Å². The van der Waals surface area contributed by atoms with E-state index in [-0.39, 0.29) is 17.9 Å². The average Bonchev–Trinajstić information content (AvgIpc) is 3.38. The first kappa shape index (κ1) is 21.1. The van der Waals surface area contributed by atoms with Crippen molar-refractivity contribution in [2.75, 3.05) is 13.1 Å².